The van der Waals surface area contributed by atoms with Gasteiger partial charge < -0.3 is 10.1 Å². The second-order valence-corrected chi connectivity index (χ2v) is 12.5. The van der Waals surface area contributed by atoms with Crippen molar-refractivity contribution in [2.45, 2.75) is 107 Å². The van der Waals surface area contributed by atoms with Crippen molar-refractivity contribution >= 4 is 16.6 Å². The summed E-state index contributed by atoms with van der Waals surface area (Å²) in [6.07, 6.45) is 7.21. The molecule has 0 bridgehead atoms. The smallest absolute Gasteiger partial charge is 0.164 e. The van der Waals surface area contributed by atoms with Crippen LogP contribution in [0.2, 0.25) is 0 Å². The molecule has 0 saturated heterocycles. The first-order valence-electron chi connectivity index (χ1n) is 14.5. The number of aliphatic hydroxyl groups excluding tert-OH is 1. The van der Waals surface area contributed by atoms with Gasteiger partial charge in [-0.25, -0.2) is 0 Å². The molecule has 1 radical (unpaired) electrons. The van der Waals surface area contributed by atoms with E-state index in [0.717, 1.165) is 42.5 Å². The summed E-state index contributed by atoms with van der Waals surface area (Å²) in [5, 5.41) is 12.3. The van der Waals surface area contributed by atoms with Gasteiger partial charge in [-0.2, -0.15) is 0 Å². The molecule has 0 amide bonds. The number of pyridine rings is 1. The predicted molar refractivity (Wildman–Crippen MR) is 167 cm³/mol. The number of aryl methyl sites for hydroxylation is 2. The summed E-state index contributed by atoms with van der Waals surface area (Å²) in [4.78, 5) is 16.5. The summed E-state index contributed by atoms with van der Waals surface area (Å²) < 4.78 is 0. The van der Waals surface area contributed by atoms with Crippen LogP contribution in [0.4, 0.5) is 0 Å². The number of carbonyl (C=O) groups is 1. The van der Waals surface area contributed by atoms with Crippen molar-refractivity contribution in [1.29, 1.82) is 0 Å². The first kappa shape index (κ1) is 35.7. The number of carbonyl (C=O) groups excluding carboxylic acids is 1. The van der Waals surface area contributed by atoms with Crippen LogP contribution in [0.15, 0.2) is 54.4 Å². The molecule has 4 heteroatoms. The van der Waals surface area contributed by atoms with E-state index in [1.54, 1.807) is 0 Å². The molecule has 0 unspecified atom stereocenters. The molecule has 2 aromatic carbocycles. The van der Waals surface area contributed by atoms with Crippen molar-refractivity contribution < 1.29 is 30.0 Å². The van der Waals surface area contributed by atoms with Crippen molar-refractivity contribution in [1.82, 2.24) is 4.98 Å². The topological polar surface area (TPSA) is 50.2 Å². The van der Waals surface area contributed by atoms with E-state index in [4.69, 9.17) is 0 Å². The molecule has 221 valence electrons. The van der Waals surface area contributed by atoms with Gasteiger partial charge in [-0.1, -0.05) is 94.4 Å². The molecule has 0 fully saturated rings. The molecule has 1 aromatic heterocycles. The van der Waals surface area contributed by atoms with Gasteiger partial charge in [-0.3, -0.25) is 4.79 Å². The number of aliphatic hydroxyl groups is 1. The minimum atomic E-state index is -0.377. The van der Waals surface area contributed by atoms with Gasteiger partial charge in [0, 0.05) is 43.2 Å². The van der Waals surface area contributed by atoms with E-state index < -0.39 is 0 Å². The molecule has 0 atom stereocenters. The maximum atomic E-state index is 11.8. The van der Waals surface area contributed by atoms with Gasteiger partial charge in [0.05, 0.1) is 0 Å². The van der Waals surface area contributed by atoms with E-state index in [-0.39, 0.29) is 47.9 Å². The Morgan fingerprint density at radius 1 is 0.875 bits per heavy atom. The Morgan fingerprint density at radius 3 is 2.00 bits per heavy atom. The zero-order chi connectivity index (χ0) is 29.6. The van der Waals surface area contributed by atoms with Crippen LogP contribution in [-0.4, -0.2) is 15.9 Å². The second kappa shape index (κ2) is 14.6. The number of nitrogens with zero attached hydrogens (tertiary/aromatic N) is 1. The first-order chi connectivity index (χ1) is 18.1. The van der Waals surface area contributed by atoms with E-state index >= 15 is 0 Å². The maximum Gasteiger partial charge on any atom is 0.164 e. The van der Waals surface area contributed by atoms with E-state index in [9.17, 15) is 9.90 Å². The Morgan fingerprint density at radius 2 is 1.48 bits per heavy atom. The van der Waals surface area contributed by atoms with Gasteiger partial charge in [-0.15, -0.1) is 34.9 Å². The molecule has 0 aliphatic rings. The van der Waals surface area contributed by atoms with E-state index in [1.807, 2.05) is 47.7 Å². The summed E-state index contributed by atoms with van der Waals surface area (Å²) in [6, 6.07) is 16.8. The predicted octanol–water partition coefficient (Wildman–Crippen LogP) is 10.3. The van der Waals surface area contributed by atoms with Gasteiger partial charge in [0.1, 0.15) is 5.76 Å². The fourth-order valence-corrected chi connectivity index (χ4v) is 4.32. The van der Waals surface area contributed by atoms with Crippen molar-refractivity contribution in [3.8, 4) is 11.3 Å². The molecule has 40 heavy (non-hydrogen) atoms. The Kier molecular flexibility index (Phi) is 13.0. The van der Waals surface area contributed by atoms with E-state index in [1.165, 1.54) is 28.0 Å². The molecule has 0 spiro atoms. The summed E-state index contributed by atoms with van der Waals surface area (Å²) in [5.41, 5.74) is 5.49. The quantitative estimate of drug-likeness (QED) is 0.136. The number of hydrogen-bond donors (Lipinski definition) is 1. The molecule has 1 N–H and O–H groups in total. The van der Waals surface area contributed by atoms with Gasteiger partial charge in [0.25, 0.3) is 0 Å². The normalized spacial score (nSPS) is 12.4. The summed E-state index contributed by atoms with van der Waals surface area (Å²) in [6.45, 7) is 22.8. The summed E-state index contributed by atoms with van der Waals surface area (Å²) >= 11 is 0. The third-order valence-electron chi connectivity index (χ3n) is 8.82. The molecule has 0 aliphatic heterocycles. The Labute approximate surface area is 257 Å². The molecular weight excluding hydrogens is 671 g/mol. The summed E-state index contributed by atoms with van der Waals surface area (Å²) in [5.74, 6) is 0.195. The number of ketones is 1. The average molecular weight is 721 g/mol. The monoisotopic (exact) mass is 721 g/mol. The number of fused-ring (bicyclic) bond motifs is 1. The van der Waals surface area contributed by atoms with Crippen LogP contribution in [-0.2, 0) is 30.3 Å². The van der Waals surface area contributed by atoms with Gasteiger partial charge in [0.2, 0.25) is 0 Å². The van der Waals surface area contributed by atoms with Crippen molar-refractivity contribution in [3.63, 3.8) is 0 Å². The third-order valence-corrected chi connectivity index (χ3v) is 8.82. The molecule has 3 nitrogen and oxygen atoms in total. The first-order valence-corrected chi connectivity index (χ1v) is 14.5. The molecule has 0 saturated carbocycles. The van der Waals surface area contributed by atoms with Crippen LogP contribution >= 0.6 is 0 Å². The van der Waals surface area contributed by atoms with Crippen LogP contribution in [0.1, 0.15) is 105 Å². The van der Waals surface area contributed by atoms with E-state index in [0.29, 0.717) is 0 Å². The fraction of sp³-hybridized carbons (Fsp3) is 0.500. The van der Waals surface area contributed by atoms with Crippen molar-refractivity contribution in [3.05, 3.63) is 77.2 Å². The number of allylic oxidation sites excluding steroid dienone is 2. The Bertz CT molecular complexity index is 1300. The van der Waals surface area contributed by atoms with Crippen LogP contribution in [0.25, 0.3) is 22.0 Å². The molecule has 3 aromatic rings. The molecular formula is C36H50IrNO2-. The average Bonchev–Trinajstić information content (AvgIpc) is 2.91. The second-order valence-electron chi connectivity index (χ2n) is 12.5. The van der Waals surface area contributed by atoms with Gasteiger partial charge >= 0.3 is 0 Å². The largest absolute Gasteiger partial charge is 0.512 e. The van der Waals surface area contributed by atoms with Crippen molar-refractivity contribution in [2.24, 2.45) is 10.8 Å². The number of hydrogen-bond acceptors (Lipinski definition) is 3. The maximum absolute atomic E-state index is 11.8. The van der Waals surface area contributed by atoms with Crippen LogP contribution < -0.4 is 0 Å². The molecule has 3 rings (SSSR count). The minimum absolute atomic E-state index is 0. The summed E-state index contributed by atoms with van der Waals surface area (Å²) in [7, 11) is 0. The molecule has 0 aliphatic carbocycles. The number of rotatable bonds is 9. The number of aromatic nitrogens is 1. The third kappa shape index (κ3) is 8.60. The standard InChI is InChI=1S/C23H26N.C13H24O2.Ir/c1-6-23(5,7-2)20-8-9-21-18(15-20)10-11-24-22(21)19-13-16(3)12-17(4)14-19;1-7-12(3,4)10(14)9-11(15)13(5,6)8-2;/h8-13,15H,6-7H2,1-5H3;9,14H,7-8H2,1-6H3;/q-1;;/b;10-9-;. The van der Waals surface area contributed by atoms with Crippen LogP contribution in [0.5, 0.6) is 0 Å². The zero-order valence-electron chi connectivity index (χ0n) is 26.6. The van der Waals surface area contributed by atoms with Gasteiger partial charge in [-0.05, 0) is 59.2 Å². The van der Waals surface area contributed by atoms with Gasteiger partial charge in [0.15, 0.2) is 5.78 Å². The fourth-order valence-electron chi connectivity index (χ4n) is 4.32. The van der Waals surface area contributed by atoms with Crippen molar-refractivity contribution in [2.75, 3.05) is 0 Å². The van der Waals surface area contributed by atoms with Crippen LogP contribution in [0, 0.1) is 30.7 Å². The van der Waals surface area contributed by atoms with E-state index in [2.05, 4.69) is 82.1 Å². The number of benzene rings is 2. The Hall–Kier alpha value is -2.29. The Balaban J connectivity index is 0.000000437. The zero-order valence-corrected chi connectivity index (χ0v) is 29.0. The van der Waals surface area contributed by atoms with Crippen LogP contribution in [0.3, 0.4) is 0 Å². The molecule has 1 heterocycles. The minimum Gasteiger partial charge on any atom is -0.512 e. The SMILES string of the molecule is CCC(C)(C)C(=O)/C=C(\O)C(C)(C)CC.CCC(C)(CC)c1ccc2c(-c3[c-]c(C)cc(C)c3)nccc2c1.[Ir].